The highest BCUT2D eigenvalue weighted by Gasteiger charge is 2.36. The zero-order valence-corrected chi connectivity index (χ0v) is 15.7. The first-order valence-corrected chi connectivity index (χ1v) is 10.8. The predicted octanol–water partition coefficient (Wildman–Crippen LogP) is 6.05. The maximum Gasteiger partial charge on any atom is 0.0433 e. The minimum Gasteiger partial charge on any atom is -0.396 e. The summed E-state index contributed by atoms with van der Waals surface area (Å²) >= 11 is 0. The van der Waals surface area contributed by atoms with Crippen LogP contribution in [0.2, 0.25) is 0 Å². The Kier molecular flexibility index (Phi) is 6.46. The van der Waals surface area contributed by atoms with Crippen LogP contribution in [0.5, 0.6) is 0 Å². The largest absolute Gasteiger partial charge is 0.396 e. The molecule has 0 bridgehead atoms. The average molecular weight is 321 g/mol. The van der Waals surface area contributed by atoms with Crippen molar-refractivity contribution in [3.05, 3.63) is 0 Å². The molecule has 0 amide bonds. The van der Waals surface area contributed by atoms with E-state index in [-0.39, 0.29) is 0 Å². The van der Waals surface area contributed by atoms with Gasteiger partial charge in [-0.3, -0.25) is 0 Å². The van der Waals surface area contributed by atoms with E-state index in [1.807, 2.05) is 0 Å². The summed E-state index contributed by atoms with van der Waals surface area (Å²) in [5, 5.41) is 9.19. The topological polar surface area (TPSA) is 20.2 Å². The Morgan fingerprint density at radius 3 is 1.83 bits per heavy atom. The van der Waals surface area contributed by atoms with Gasteiger partial charge in [-0.15, -0.1) is 0 Å². The number of rotatable bonds is 4. The normalized spacial score (nSPS) is 45.8. The lowest BCUT2D eigenvalue weighted by molar-refractivity contribution is 0.0703. The molecule has 0 radical (unpaired) electrons. The SMILES string of the molecule is CC1CCC(C2CCC(C3CCC(CCO)CC3C)CC2)CC1. The van der Waals surface area contributed by atoms with E-state index in [0.717, 1.165) is 47.8 Å². The van der Waals surface area contributed by atoms with E-state index in [1.54, 1.807) is 0 Å². The van der Waals surface area contributed by atoms with E-state index in [0.29, 0.717) is 6.61 Å². The maximum absolute atomic E-state index is 9.19. The molecule has 1 heteroatoms. The van der Waals surface area contributed by atoms with Gasteiger partial charge in [0, 0.05) is 6.61 Å². The third-order valence-electron chi connectivity index (χ3n) is 8.03. The summed E-state index contributed by atoms with van der Waals surface area (Å²) in [4.78, 5) is 0. The molecule has 1 nitrogen and oxygen atoms in total. The summed E-state index contributed by atoms with van der Waals surface area (Å²) < 4.78 is 0. The van der Waals surface area contributed by atoms with Gasteiger partial charge < -0.3 is 5.11 Å². The Labute approximate surface area is 144 Å². The smallest absolute Gasteiger partial charge is 0.0433 e. The fraction of sp³-hybridized carbons (Fsp3) is 1.00. The first kappa shape index (κ1) is 17.8. The summed E-state index contributed by atoms with van der Waals surface area (Å²) in [5.74, 6) is 6.88. The molecule has 0 aromatic carbocycles. The molecule has 3 rings (SSSR count). The molecule has 0 aromatic heterocycles. The van der Waals surface area contributed by atoms with Crippen LogP contribution in [0, 0.1) is 41.4 Å². The Balaban J connectivity index is 1.44. The molecule has 3 unspecified atom stereocenters. The van der Waals surface area contributed by atoms with Gasteiger partial charge >= 0.3 is 0 Å². The third-order valence-corrected chi connectivity index (χ3v) is 8.03. The summed E-state index contributed by atoms with van der Waals surface area (Å²) in [5.41, 5.74) is 0. The third kappa shape index (κ3) is 4.53. The highest BCUT2D eigenvalue weighted by atomic mass is 16.3. The number of aliphatic hydroxyl groups is 1. The molecule has 3 aliphatic rings. The molecule has 3 fully saturated rings. The van der Waals surface area contributed by atoms with Crippen molar-refractivity contribution >= 4 is 0 Å². The van der Waals surface area contributed by atoms with Crippen LogP contribution in [-0.4, -0.2) is 11.7 Å². The molecule has 0 aromatic rings. The number of hydrogen-bond donors (Lipinski definition) is 1. The van der Waals surface area contributed by atoms with Gasteiger partial charge in [0.15, 0.2) is 0 Å². The molecule has 1 N–H and O–H groups in total. The van der Waals surface area contributed by atoms with E-state index in [4.69, 9.17) is 0 Å². The molecule has 3 saturated carbocycles. The number of aliphatic hydroxyl groups excluding tert-OH is 1. The standard InChI is InChI=1S/C22H40O/c1-16-3-6-19(7-4-16)20-8-10-21(11-9-20)22-12-5-18(13-14-23)15-17(22)2/h16-23H,3-15H2,1-2H3. The van der Waals surface area contributed by atoms with Gasteiger partial charge in [-0.1, -0.05) is 33.1 Å². The molecule has 134 valence electrons. The molecule has 0 aliphatic heterocycles. The highest BCUT2D eigenvalue weighted by Crippen LogP contribution is 2.47. The van der Waals surface area contributed by atoms with Crippen LogP contribution < -0.4 is 0 Å². The lowest BCUT2D eigenvalue weighted by Crippen LogP contribution is -2.33. The zero-order chi connectivity index (χ0) is 16.2. The molecule has 3 atom stereocenters. The second-order valence-corrected chi connectivity index (χ2v) is 9.53. The van der Waals surface area contributed by atoms with Crippen LogP contribution in [0.3, 0.4) is 0 Å². The van der Waals surface area contributed by atoms with Crippen LogP contribution in [0.4, 0.5) is 0 Å². The van der Waals surface area contributed by atoms with Gasteiger partial charge in [0.25, 0.3) is 0 Å². The highest BCUT2D eigenvalue weighted by molar-refractivity contribution is 4.87. The first-order chi connectivity index (χ1) is 11.2. The molecule has 23 heavy (non-hydrogen) atoms. The maximum atomic E-state index is 9.19. The molecular weight excluding hydrogens is 280 g/mol. The van der Waals surface area contributed by atoms with Crippen molar-refractivity contribution < 1.29 is 5.11 Å². The average Bonchev–Trinajstić information content (AvgIpc) is 2.56. The fourth-order valence-corrected chi connectivity index (χ4v) is 6.48. The number of hydrogen-bond acceptors (Lipinski definition) is 1. The van der Waals surface area contributed by atoms with Gasteiger partial charge in [0.2, 0.25) is 0 Å². The minimum absolute atomic E-state index is 0.396. The van der Waals surface area contributed by atoms with Gasteiger partial charge in [0.1, 0.15) is 0 Å². The van der Waals surface area contributed by atoms with Crippen molar-refractivity contribution in [3.8, 4) is 0 Å². The van der Waals surface area contributed by atoms with E-state index < -0.39 is 0 Å². The van der Waals surface area contributed by atoms with E-state index in [1.165, 1.54) is 70.6 Å². The van der Waals surface area contributed by atoms with E-state index in [9.17, 15) is 5.11 Å². The molecule has 0 saturated heterocycles. The molecule has 0 heterocycles. The van der Waals surface area contributed by atoms with Crippen molar-refractivity contribution in [3.63, 3.8) is 0 Å². The van der Waals surface area contributed by atoms with Crippen LogP contribution in [0.25, 0.3) is 0 Å². The molecule has 3 aliphatic carbocycles. The molecule has 0 spiro atoms. The van der Waals surface area contributed by atoms with Crippen molar-refractivity contribution in [1.29, 1.82) is 0 Å². The molecular formula is C22H40O. The summed E-state index contributed by atoms with van der Waals surface area (Å²) in [6.07, 6.45) is 17.4. The summed E-state index contributed by atoms with van der Waals surface area (Å²) in [6, 6.07) is 0. The van der Waals surface area contributed by atoms with Crippen molar-refractivity contribution in [2.75, 3.05) is 6.61 Å². The van der Waals surface area contributed by atoms with Crippen molar-refractivity contribution in [2.45, 2.75) is 90.9 Å². The van der Waals surface area contributed by atoms with Crippen molar-refractivity contribution in [2.24, 2.45) is 41.4 Å². The predicted molar refractivity (Wildman–Crippen MR) is 98.3 cm³/mol. The van der Waals surface area contributed by atoms with Crippen molar-refractivity contribution in [1.82, 2.24) is 0 Å². The Bertz CT molecular complexity index is 336. The van der Waals surface area contributed by atoms with Crippen LogP contribution in [-0.2, 0) is 0 Å². The summed E-state index contributed by atoms with van der Waals surface area (Å²) in [6.45, 7) is 5.34. The Morgan fingerprint density at radius 2 is 1.26 bits per heavy atom. The van der Waals surface area contributed by atoms with E-state index >= 15 is 0 Å². The van der Waals surface area contributed by atoms with Gasteiger partial charge in [-0.25, -0.2) is 0 Å². The minimum atomic E-state index is 0.396. The summed E-state index contributed by atoms with van der Waals surface area (Å²) in [7, 11) is 0. The van der Waals surface area contributed by atoms with Gasteiger partial charge in [-0.2, -0.15) is 0 Å². The second kappa shape index (κ2) is 8.37. The lowest BCUT2D eigenvalue weighted by atomic mass is 9.62. The second-order valence-electron chi connectivity index (χ2n) is 9.53. The van der Waals surface area contributed by atoms with Crippen LogP contribution in [0.15, 0.2) is 0 Å². The first-order valence-electron chi connectivity index (χ1n) is 10.8. The zero-order valence-electron chi connectivity index (χ0n) is 15.7. The Morgan fingerprint density at radius 1 is 0.696 bits per heavy atom. The van der Waals surface area contributed by atoms with Gasteiger partial charge in [-0.05, 0) is 99.2 Å². The van der Waals surface area contributed by atoms with E-state index in [2.05, 4.69) is 13.8 Å². The fourth-order valence-electron chi connectivity index (χ4n) is 6.48. The monoisotopic (exact) mass is 320 g/mol. The lowest BCUT2D eigenvalue weighted by Gasteiger charge is -2.43. The van der Waals surface area contributed by atoms with Gasteiger partial charge in [0.05, 0.1) is 0 Å². The van der Waals surface area contributed by atoms with Crippen LogP contribution >= 0.6 is 0 Å². The van der Waals surface area contributed by atoms with Crippen LogP contribution in [0.1, 0.15) is 90.9 Å². The quantitative estimate of drug-likeness (QED) is 0.668. The Hall–Kier alpha value is -0.0400.